The van der Waals surface area contributed by atoms with Gasteiger partial charge in [0, 0.05) is 41.1 Å². The van der Waals surface area contributed by atoms with Crippen molar-refractivity contribution in [1.29, 1.82) is 0 Å². The van der Waals surface area contributed by atoms with E-state index < -0.39 is 11.6 Å². The fourth-order valence-corrected chi connectivity index (χ4v) is 6.22. The summed E-state index contributed by atoms with van der Waals surface area (Å²) in [6.07, 6.45) is -0.573. The smallest absolute Gasteiger partial charge is 0.407 e. The lowest BCUT2D eigenvalue weighted by Crippen LogP contribution is -2.41. The van der Waals surface area contributed by atoms with Gasteiger partial charge >= 0.3 is 6.09 Å². The number of ether oxygens (including phenoxy) is 1. The summed E-state index contributed by atoms with van der Waals surface area (Å²) in [5.74, 6) is -0.537. The Labute approximate surface area is 347 Å². The molecule has 0 fully saturated rings. The van der Waals surface area contributed by atoms with Crippen LogP contribution < -0.4 is 21.3 Å². The molecule has 4 aromatic rings. The summed E-state index contributed by atoms with van der Waals surface area (Å²) in [6.45, 7) is 20.8. The van der Waals surface area contributed by atoms with E-state index in [4.69, 9.17) is 14.5 Å². The van der Waals surface area contributed by atoms with Crippen molar-refractivity contribution in [3.8, 4) is 0 Å². The minimum Gasteiger partial charge on any atom is -0.448 e. The van der Waals surface area contributed by atoms with Crippen LogP contribution in [0.15, 0.2) is 98.1 Å². The number of allylic oxidation sites excluding steroid dienone is 2. The summed E-state index contributed by atoms with van der Waals surface area (Å²) in [5, 5.41) is 12.7. The van der Waals surface area contributed by atoms with Gasteiger partial charge in [0.1, 0.15) is 13.3 Å². The van der Waals surface area contributed by atoms with Crippen molar-refractivity contribution in [2.24, 2.45) is 0 Å². The van der Waals surface area contributed by atoms with Gasteiger partial charge in [0.25, 0.3) is 0 Å². The molecule has 0 aliphatic heterocycles. The molecule has 314 valence electrons. The number of anilines is 2. The highest BCUT2D eigenvalue weighted by molar-refractivity contribution is 6.31. The average Bonchev–Trinajstić information content (AvgIpc) is 3.14. The standard InChI is InChI=1S/C44H50N4O6.4CH4/c1-28(2)30-13-9-15-32(25-30)43(5,6)47-27-54-53-24-22-46-37-20-12-18-35-39(37)41(50)34-17-11-19-36(38(34)40(35)49)45-21-23-52-42(51)48-44(7,8)33-16-10-14-31(26-33)29(3)4;;;;/h9-20,25-26,45-47H,1,3,21-24,27H2,2,4-8H3,(H,48,51);4*1H4. The molecular formula is C48H66N4O6. The number of nitrogens with one attached hydrogen (secondary N) is 4. The lowest BCUT2D eigenvalue weighted by atomic mass is 9.82. The monoisotopic (exact) mass is 794 g/mol. The zero-order valence-electron chi connectivity index (χ0n) is 32.0. The number of hydrogen-bond acceptors (Lipinski definition) is 9. The van der Waals surface area contributed by atoms with E-state index in [9.17, 15) is 14.4 Å². The number of carbonyl (C=O) groups is 3. The molecule has 0 saturated carbocycles. The van der Waals surface area contributed by atoms with Crippen LogP contribution in [0.1, 0.15) is 125 Å². The molecule has 0 atom stereocenters. The Balaban J connectivity index is 0.00000420. The van der Waals surface area contributed by atoms with Crippen LogP contribution >= 0.6 is 0 Å². The van der Waals surface area contributed by atoms with Crippen molar-refractivity contribution in [3.05, 3.63) is 143 Å². The molecule has 0 spiro atoms. The summed E-state index contributed by atoms with van der Waals surface area (Å²) >= 11 is 0. The lowest BCUT2D eigenvalue weighted by Gasteiger charge is -2.27. The first-order valence-corrected chi connectivity index (χ1v) is 18.0. The van der Waals surface area contributed by atoms with Crippen LogP contribution in [0.2, 0.25) is 0 Å². The molecule has 0 bridgehead atoms. The molecule has 10 nitrogen and oxygen atoms in total. The van der Waals surface area contributed by atoms with Gasteiger partial charge in [-0.25, -0.2) is 14.6 Å². The first-order chi connectivity index (χ1) is 25.7. The Bertz CT molecular complexity index is 2070. The SMILES string of the molecule is C.C.C.C.C=C(C)c1cccc(C(C)(C)NCOOCCNc2cccc3c2C(=O)c2cccc(NCCOC(=O)NC(C)(C)c4cccc(C(=C)C)c4)c2C3=O)c1. The molecule has 1 aliphatic carbocycles. The van der Waals surface area contributed by atoms with E-state index in [1.54, 1.807) is 36.4 Å². The van der Waals surface area contributed by atoms with Gasteiger partial charge in [-0.1, -0.05) is 115 Å². The van der Waals surface area contributed by atoms with E-state index in [1.807, 2.05) is 64.1 Å². The molecule has 0 aromatic heterocycles. The summed E-state index contributed by atoms with van der Waals surface area (Å²) in [6, 6.07) is 26.3. The van der Waals surface area contributed by atoms with E-state index in [-0.39, 0.29) is 78.9 Å². The maximum absolute atomic E-state index is 13.8. The van der Waals surface area contributed by atoms with Crippen LogP contribution in [0.25, 0.3) is 11.1 Å². The lowest BCUT2D eigenvalue weighted by molar-refractivity contribution is -0.298. The summed E-state index contributed by atoms with van der Waals surface area (Å²) in [5.41, 5.74) is 7.20. The first-order valence-electron chi connectivity index (χ1n) is 18.0. The first kappa shape index (κ1) is 50.5. The largest absolute Gasteiger partial charge is 0.448 e. The van der Waals surface area contributed by atoms with Crippen molar-refractivity contribution in [2.75, 3.05) is 43.7 Å². The minimum atomic E-state index is -0.684. The molecule has 0 radical (unpaired) electrons. The van der Waals surface area contributed by atoms with Gasteiger partial charge in [0.2, 0.25) is 0 Å². The predicted molar refractivity (Wildman–Crippen MR) is 242 cm³/mol. The van der Waals surface area contributed by atoms with E-state index in [1.165, 1.54) is 0 Å². The molecule has 0 unspecified atom stereocenters. The fourth-order valence-electron chi connectivity index (χ4n) is 6.22. The zero-order chi connectivity index (χ0) is 39.0. The van der Waals surface area contributed by atoms with Crippen molar-refractivity contribution in [2.45, 2.75) is 82.3 Å². The Morgan fingerprint density at radius 2 is 1.07 bits per heavy atom. The van der Waals surface area contributed by atoms with Gasteiger partial charge in [-0.15, -0.1) is 0 Å². The average molecular weight is 795 g/mol. The van der Waals surface area contributed by atoms with Crippen LogP contribution in [0.5, 0.6) is 0 Å². The number of ketones is 2. The van der Waals surface area contributed by atoms with Crippen molar-refractivity contribution < 1.29 is 28.9 Å². The highest BCUT2D eigenvalue weighted by Crippen LogP contribution is 2.35. The fraction of sp³-hybridized carbons (Fsp3) is 0.354. The van der Waals surface area contributed by atoms with Crippen LogP contribution in [0.3, 0.4) is 0 Å². The van der Waals surface area contributed by atoms with E-state index >= 15 is 0 Å². The van der Waals surface area contributed by atoms with Crippen molar-refractivity contribution >= 4 is 40.2 Å². The van der Waals surface area contributed by atoms with Crippen LogP contribution in [-0.4, -0.2) is 50.7 Å². The third-order valence-electron chi connectivity index (χ3n) is 9.45. The second-order valence-electron chi connectivity index (χ2n) is 14.5. The van der Waals surface area contributed by atoms with Gasteiger partial charge in [-0.3, -0.25) is 14.9 Å². The van der Waals surface area contributed by atoms with E-state index in [0.29, 0.717) is 34.6 Å². The number of benzene rings is 4. The molecule has 1 amide bonds. The summed E-state index contributed by atoms with van der Waals surface area (Å²) in [7, 11) is 0. The molecule has 1 aliphatic rings. The van der Waals surface area contributed by atoms with Gasteiger partial charge in [-0.2, -0.15) is 0 Å². The highest BCUT2D eigenvalue weighted by atomic mass is 17.2. The second kappa shape index (κ2) is 21.8. The maximum Gasteiger partial charge on any atom is 0.407 e. The Morgan fingerprint density at radius 1 is 0.621 bits per heavy atom. The number of carbonyl (C=O) groups excluding carboxylic acids is 3. The van der Waals surface area contributed by atoms with Gasteiger partial charge in [-0.05, 0) is 88.1 Å². The van der Waals surface area contributed by atoms with Crippen LogP contribution in [0.4, 0.5) is 16.2 Å². The third-order valence-corrected chi connectivity index (χ3v) is 9.45. The number of hydrogen-bond donors (Lipinski definition) is 4. The Morgan fingerprint density at radius 3 is 1.55 bits per heavy atom. The topological polar surface area (TPSA) is 127 Å². The zero-order valence-corrected chi connectivity index (χ0v) is 32.0. The number of rotatable bonds is 17. The molecule has 10 heteroatoms. The quantitative estimate of drug-likeness (QED) is 0.0315. The van der Waals surface area contributed by atoms with Gasteiger partial charge in [0.15, 0.2) is 11.6 Å². The number of alkyl carbamates (subject to hydrolysis) is 1. The summed E-state index contributed by atoms with van der Waals surface area (Å²) < 4.78 is 5.46. The normalized spacial score (nSPS) is 11.6. The molecule has 0 heterocycles. The van der Waals surface area contributed by atoms with Crippen LogP contribution in [-0.2, 0) is 25.6 Å². The molecule has 5 rings (SSSR count). The van der Waals surface area contributed by atoms with Gasteiger partial charge in [0.05, 0.1) is 23.3 Å². The van der Waals surface area contributed by atoms with Crippen molar-refractivity contribution in [3.63, 3.8) is 0 Å². The second-order valence-corrected chi connectivity index (χ2v) is 14.5. The summed E-state index contributed by atoms with van der Waals surface area (Å²) in [4.78, 5) is 51.1. The molecule has 0 saturated heterocycles. The minimum absolute atomic E-state index is 0. The molecule has 58 heavy (non-hydrogen) atoms. The highest BCUT2D eigenvalue weighted by Gasteiger charge is 2.33. The predicted octanol–water partition coefficient (Wildman–Crippen LogP) is 11.0. The Kier molecular flexibility index (Phi) is 19.0. The van der Waals surface area contributed by atoms with E-state index in [0.717, 1.165) is 33.4 Å². The molecule has 4 N–H and O–H groups in total. The van der Waals surface area contributed by atoms with Crippen LogP contribution in [0, 0.1) is 0 Å². The molecule has 4 aromatic carbocycles. The van der Waals surface area contributed by atoms with Gasteiger partial charge < -0.3 is 20.7 Å². The van der Waals surface area contributed by atoms with Crippen molar-refractivity contribution in [1.82, 2.24) is 10.6 Å². The number of fused-ring (bicyclic) bond motifs is 2. The third kappa shape index (κ3) is 12.0. The number of amides is 1. The maximum atomic E-state index is 13.8. The molecular weight excluding hydrogens is 729 g/mol. The van der Waals surface area contributed by atoms with E-state index in [2.05, 4.69) is 60.4 Å². The Hall–Kier alpha value is -5.55.